The van der Waals surface area contributed by atoms with Gasteiger partial charge in [0.2, 0.25) is 0 Å². The minimum Gasteiger partial charge on any atom is -0.399 e. The van der Waals surface area contributed by atoms with Crippen LogP contribution < -0.4 is 22.3 Å². The quantitative estimate of drug-likeness (QED) is 0.163. The van der Waals surface area contributed by atoms with Crippen molar-refractivity contribution in [2.24, 2.45) is 5.73 Å². The van der Waals surface area contributed by atoms with Gasteiger partial charge >= 0.3 is 0 Å². The van der Waals surface area contributed by atoms with Crippen molar-refractivity contribution in [3.63, 3.8) is 0 Å². The zero-order valence-electron chi connectivity index (χ0n) is 16.9. The van der Waals surface area contributed by atoms with Crippen LogP contribution in [0.25, 0.3) is 0 Å². The van der Waals surface area contributed by atoms with Crippen molar-refractivity contribution in [2.75, 3.05) is 5.73 Å². The Hall–Kier alpha value is -3.74. The Bertz CT molecular complexity index is 949. The summed E-state index contributed by atoms with van der Waals surface area (Å²) in [5.74, 6) is 3.79. The van der Waals surface area contributed by atoms with Gasteiger partial charge in [0.1, 0.15) is 11.6 Å². The first-order valence-electron chi connectivity index (χ1n) is 8.94. The fourth-order valence-corrected chi connectivity index (χ4v) is 2.32. The minimum atomic E-state index is -3.13. The Morgan fingerprint density at radius 2 is 1.48 bits per heavy atom. The van der Waals surface area contributed by atoms with E-state index in [-0.39, 0.29) is 5.56 Å². The Kier molecular flexibility index (Phi) is 9.34. The SMILES string of the molecule is C=C.C[C@@](N)(C(F)F)[C@H](NC(=O)c1ccc(C#Cc2ccc(N)cc2)cc1)C(=O)NO. The number of halogens is 2. The largest absolute Gasteiger partial charge is 0.399 e. The lowest BCUT2D eigenvalue weighted by Crippen LogP contribution is -2.66. The van der Waals surface area contributed by atoms with Gasteiger partial charge in [-0.15, -0.1) is 13.2 Å². The van der Waals surface area contributed by atoms with Gasteiger partial charge in [-0.1, -0.05) is 11.8 Å². The highest BCUT2D eigenvalue weighted by Crippen LogP contribution is 2.18. The molecule has 0 aliphatic carbocycles. The number of carbonyl (C=O) groups is 2. The van der Waals surface area contributed by atoms with E-state index in [0.29, 0.717) is 11.3 Å². The molecule has 7 N–H and O–H groups in total. The van der Waals surface area contributed by atoms with E-state index in [4.69, 9.17) is 16.7 Å². The van der Waals surface area contributed by atoms with Gasteiger partial charge in [-0.25, -0.2) is 14.3 Å². The highest BCUT2D eigenvalue weighted by molar-refractivity contribution is 5.98. The number of hydroxylamine groups is 1. The van der Waals surface area contributed by atoms with Gasteiger partial charge in [0.05, 0.1) is 0 Å². The minimum absolute atomic E-state index is 0.101. The molecule has 0 saturated heterocycles. The normalized spacial score (nSPS) is 12.8. The maximum absolute atomic E-state index is 13.2. The Labute approximate surface area is 179 Å². The van der Waals surface area contributed by atoms with Crippen molar-refractivity contribution in [2.45, 2.75) is 24.9 Å². The maximum Gasteiger partial charge on any atom is 0.268 e. The zero-order chi connectivity index (χ0) is 23.6. The second kappa shape index (κ2) is 11.4. The first kappa shape index (κ1) is 25.3. The molecule has 164 valence electrons. The van der Waals surface area contributed by atoms with E-state index in [2.05, 4.69) is 30.3 Å². The molecule has 2 amide bonds. The van der Waals surface area contributed by atoms with Crippen molar-refractivity contribution in [3.8, 4) is 11.8 Å². The van der Waals surface area contributed by atoms with Crippen LogP contribution in [0.5, 0.6) is 0 Å². The molecule has 2 aromatic carbocycles. The van der Waals surface area contributed by atoms with Crippen LogP contribution in [0.2, 0.25) is 0 Å². The predicted molar refractivity (Wildman–Crippen MR) is 114 cm³/mol. The topological polar surface area (TPSA) is 130 Å². The molecule has 0 unspecified atom stereocenters. The molecule has 31 heavy (non-hydrogen) atoms. The summed E-state index contributed by atoms with van der Waals surface area (Å²) in [7, 11) is 0. The van der Waals surface area contributed by atoms with E-state index >= 15 is 0 Å². The fraction of sp³-hybridized carbons (Fsp3) is 0.182. The molecule has 0 heterocycles. The Balaban J connectivity index is 0.00000233. The molecule has 2 rings (SSSR count). The molecule has 2 aromatic rings. The lowest BCUT2D eigenvalue weighted by molar-refractivity contribution is -0.134. The second-order valence-corrected chi connectivity index (χ2v) is 6.50. The van der Waals surface area contributed by atoms with E-state index in [1.807, 2.05) is 0 Å². The van der Waals surface area contributed by atoms with E-state index in [1.54, 1.807) is 36.4 Å². The molecule has 0 radical (unpaired) electrons. The Morgan fingerprint density at radius 1 is 1.03 bits per heavy atom. The van der Waals surface area contributed by atoms with E-state index in [1.165, 1.54) is 17.6 Å². The zero-order valence-corrected chi connectivity index (χ0v) is 16.9. The molecule has 2 atom stereocenters. The monoisotopic (exact) mass is 430 g/mol. The molecular weight excluding hydrogens is 406 g/mol. The van der Waals surface area contributed by atoms with Crippen molar-refractivity contribution in [3.05, 3.63) is 78.4 Å². The van der Waals surface area contributed by atoms with Crippen LogP contribution in [-0.4, -0.2) is 35.0 Å². The number of amides is 2. The van der Waals surface area contributed by atoms with Crippen LogP contribution in [-0.2, 0) is 4.79 Å². The summed E-state index contributed by atoms with van der Waals surface area (Å²) in [5, 5.41) is 10.9. The number of carbonyl (C=O) groups excluding carboxylic acids is 2. The highest BCUT2D eigenvalue weighted by atomic mass is 19.3. The van der Waals surface area contributed by atoms with Crippen LogP contribution in [0, 0.1) is 11.8 Å². The molecule has 0 fully saturated rings. The molecule has 0 saturated carbocycles. The fourth-order valence-electron chi connectivity index (χ4n) is 2.32. The summed E-state index contributed by atoms with van der Waals surface area (Å²) in [5.41, 5.74) is 12.0. The molecule has 0 spiro atoms. The molecule has 0 bridgehead atoms. The van der Waals surface area contributed by atoms with Gasteiger partial charge in [-0.3, -0.25) is 14.8 Å². The number of anilines is 1. The number of nitrogens with two attached hydrogens (primary N) is 2. The number of hydrogen-bond donors (Lipinski definition) is 5. The number of alkyl halides is 2. The van der Waals surface area contributed by atoms with Gasteiger partial charge in [0.25, 0.3) is 18.2 Å². The van der Waals surface area contributed by atoms with E-state index in [9.17, 15) is 18.4 Å². The third-order valence-electron chi connectivity index (χ3n) is 4.15. The first-order valence-corrected chi connectivity index (χ1v) is 8.94. The van der Waals surface area contributed by atoms with E-state index < -0.39 is 29.8 Å². The molecule has 0 aromatic heterocycles. The van der Waals surface area contributed by atoms with Crippen LogP contribution in [0.15, 0.2) is 61.7 Å². The second-order valence-electron chi connectivity index (χ2n) is 6.50. The van der Waals surface area contributed by atoms with Crippen LogP contribution in [0.1, 0.15) is 28.4 Å². The standard InChI is InChI=1S/C20H20F2N4O3.C2H4/c1-20(24,19(21)22)16(18(28)26-29)25-17(27)14-8-4-12(5-9-14)2-3-13-6-10-15(23)11-7-13;1-2/h4-11,16,19,29H,23-24H2,1H3,(H,25,27)(H,26,28);1-2H2/t16-,20+;/m1./s1. The Morgan fingerprint density at radius 3 is 1.90 bits per heavy atom. The molecule has 0 aliphatic heterocycles. The van der Waals surface area contributed by atoms with Crippen LogP contribution in [0.3, 0.4) is 0 Å². The van der Waals surface area contributed by atoms with Gasteiger partial charge in [0, 0.05) is 22.4 Å². The number of rotatable bonds is 5. The predicted octanol–water partition coefficient (Wildman–Crippen LogP) is 2.06. The average molecular weight is 430 g/mol. The van der Waals surface area contributed by atoms with Crippen molar-refractivity contribution < 1.29 is 23.6 Å². The number of nitrogen functional groups attached to an aromatic ring is 1. The number of nitrogens with one attached hydrogen (secondary N) is 2. The van der Waals surface area contributed by atoms with Gasteiger partial charge in [-0.2, -0.15) is 0 Å². The smallest absolute Gasteiger partial charge is 0.268 e. The summed E-state index contributed by atoms with van der Waals surface area (Å²) >= 11 is 0. The van der Waals surface area contributed by atoms with Crippen LogP contribution in [0.4, 0.5) is 14.5 Å². The number of benzene rings is 2. The summed E-state index contributed by atoms with van der Waals surface area (Å²) in [6.45, 7) is 6.90. The molecule has 0 aliphatic rings. The van der Waals surface area contributed by atoms with Gasteiger partial charge < -0.3 is 16.8 Å². The third-order valence-corrected chi connectivity index (χ3v) is 4.15. The highest BCUT2D eigenvalue weighted by Gasteiger charge is 2.44. The van der Waals surface area contributed by atoms with E-state index in [0.717, 1.165) is 12.5 Å². The average Bonchev–Trinajstić information content (AvgIpc) is 2.77. The lowest BCUT2D eigenvalue weighted by atomic mass is 9.92. The first-order chi connectivity index (χ1) is 14.6. The van der Waals surface area contributed by atoms with Crippen LogP contribution >= 0.6 is 0 Å². The van der Waals surface area contributed by atoms with Crippen molar-refractivity contribution >= 4 is 17.5 Å². The molecule has 7 nitrogen and oxygen atoms in total. The third kappa shape index (κ3) is 6.92. The molecular formula is C22H24F2N4O3. The summed E-state index contributed by atoms with van der Waals surface area (Å²) in [6.07, 6.45) is -3.13. The summed E-state index contributed by atoms with van der Waals surface area (Å²) in [4.78, 5) is 24.1. The summed E-state index contributed by atoms with van der Waals surface area (Å²) in [6, 6.07) is 11.1. The van der Waals surface area contributed by atoms with Crippen molar-refractivity contribution in [1.82, 2.24) is 10.8 Å². The van der Waals surface area contributed by atoms with Gasteiger partial charge in [-0.05, 0) is 55.5 Å². The summed E-state index contributed by atoms with van der Waals surface area (Å²) < 4.78 is 26.3. The maximum atomic E-state index is 13.2. The lowest BCUT2D eigenvalue weighted by Gasteiger charge is -2.32. The van der Waals surface area contributed by atoms with Crippen molar-refractivity contribution in [1.29, 1.82) is 0 Å². The molecule has 9 heteroatoms. The van der Waals surface area contributed by atoms with Gasteiger partial charge in [0.15, 0.2) is 0 Å². The number of hydrogen-bond acceptors (Lipinski definition) is 5.